The van der Waals surface area contributed by atoms with E-state index in [1.165, 1.54) is 0 Å². The number of carbonyl (C=O) groups is 1. The predicted octanol–water partition coefficient (Wildman–Crippen LogP) is 1.92. The highest BCUT2D eigenvalue weighted by molar-refractivity contribution is 5.95. The van der Waals surface area contributed by atoms with E-state index in [2.05, 4.69) is 6.58 Å². The summed E-state index contributed by atoms with van der Waals surface area (Å²) in [5.41, 5.74) is 2.70. The SMILES string of the molecule is C=CCN(CCO)C(=O)c1cc(C)ccc1C. The van der Waals surface area contributed by atoms with Crippen molar-refractivity contribution in [2.75, 3.05) is 19.7 Å². The molecule has 0 bridgehead atoms. The van der Waals surface area contributed by atoms with Crippen molar-refractivity contribution in [3.05, 3.63) is 47.5 Å². The highest BCUT2D eigenvalue weighted by Crippen LogP contribution is 2.13. The lowest BCUT2D eigenvalue weighted by atomic mass is 10.0. The summed E-state index contributed by atoms with van der Waals surface area (Å²) in [5.74, 6) is -0.0554. The van der Waals surface area contributed by atoms with Gasteiger partial charge in [-0.05, 0) is 25.5 Å². The van der Waals surface area contributed by atoms with Gasteiger partial charge in [0.25, 0.3) is 5.91 Å². The minimum absolute atomic E-state index is 0.0373. The van der Waals surface area contributed by atoms with E-state index < -0.39 is 0 Å². The zero-order valence-corrected chi connectivity index (χ0v) is 10.4. The average Bonchev–Trinajstić information content (AvgIpc) is 2.31. The number of aryl methyl sites for hydroxylation is 2. The van der Waals surface area contributed by atoms with Crippen molar-refractivity contribution < 1.29 is 9.90 Å². The van der Waals surface area contributed by atoms with Crippen molar-refractivity contribution in [1.82, 2.24) is 4.90 Å². The Morgan fingerprint density at radius 3 is 2.76 bits per heavy atom. The van der Waals surface area contributed by atoms with Gasteiger partial charge in [-0.2, -0.15) is 0 Å². The first kappa shape index (κ1) is 13.5. The lowest BCUT2D eigenvalue weighted by molar-refractivity contribution is 0.0742. The van der Waals surface area contributed by atoms with E-state index in [1.54, 1.807) is 11.0 Å². The Bertz CT molecular complexity index is 413. The molecule has 1 N–H and O–H groups in total. The molecule has 1 amide bonds. The molecule has 0 atom stereocenters. The number of aliphatic hydroxyl groups excluding tert-OH is 1. The Labute approximate surface area is 102 Å². The lowest BCUT2D eigenvalue weighted by Gasteiger charge is -2.21. The molecular formula is C14H19NO2. The Morgan fingerprint density at radius 1 is 1.47 bits per heavy atom. The quantitative estimate of drug-likeness (QED) is 0.789. The second kappa shape index (κ2) is 6.21. The average molecular weight is 233 g/mol. The van der Waals surface area contributed by atoms with Gasteiger partial charge in [-0.1, -0.05) is 23.8 Å². The topological polar surface area (TPSA) is 40.5 Å². The fourth-order valence-electron chi connectivity index (χ4n) is 1.69. The van der Waals surface area contributed by atoms with Crippen molar-refractivity contribution in [3.8, 4) is 0 Å². The molecule has 0 aliphatic rings. The summed E-state index contributed by atoms with van der Waals surface area (Å²) in [6.07, 6.45) is 1.67. The van der Waals surface area contributed by atoms with E-state index in [1.807, 2.05) is 32.0 Å². The van der Waals surface area contributed by atoms with Crippen molar-refractivity contribution >= 4 is 5.91 Å². The second-order valence-electron chi connectivity index (χ2n) is 4.08. The molecule has 0 saturated heterocycles. The van der Waals surface area contributed by atoms with Crippen LogP contribution in [0.1, 0.15) is 21.5 Å². The molecule has 1 aromatic carbocycles. The van der Waals surface area contributed by atoms with Crippen LogP contribution in [0.4, 0.5) is 0 Å². The first-order valence-corrected chi connectivity index (χ1v) is 5.68. The van der Waals surface area contributed by atoms with Crippen LogP contribution in [-0.2, 0) is 0 Å². The minimum atomic E-state index is -0.0554. The highest BCUT2D eigenvalue weighted by atomic mass is 16.3. The van der Waals surface area contributed by atoms with Crippen LogP contribution < -0.4 is 0 Å². The normalized spacial score (nSPS) is 10.1. The Hall–Kier alpha value is -1.61. The van der Waals surface area contributed by atoms with Crippen LogP contribution >= 0.6 is 0 Å². The number of amides is 1. The van der Waals surface area contributed by atoms with Gasteiger partial charge in [-0.3, -0.25) is 4.79 Å². The standard InChI is InChI=1S/C14H19NO2/c1-4-7-15(8-9-16)14(17)13-10-11(2)5-6-12(13)3/h4-6,10,16H,1,7-9H2,2-3H3. The van der Waals surface area contributed by atoms with Gasteiger partial charge in [-0.15, -0.1) is 6.58 Å². The molecule has 3 nitrogen and oxygen atoms in total. The third-order valence-corrected chi connectivity index (χ3v) is 2.63. The van der Waals surface area contributed by atoms with E-state index in [0.717, 1.165) is 11.1 Å². The Kier molecular flexibility index (Phi) is 4.91. The van der Waals surface area contributed by atoms with E-state index in [4.69, 9.17) is 5.11 Å². The molecule has 0 aliphatic carbocycles. The third-order valence-electron chi connectivity index (χ3n) is 2.63. The molecule has 0 aliphatic heterocycles. The summed E-state index contributed by atoms with van der Waals surface area (Å²) < 4.78 is 0. The van der Waals surface area contributed by atoms with Crippen molar-refractivity contribution in [2.45, 2.75) is 13.8 Å². The molecule has 0 saturated carbocycles. The molecule has 0 spiro atoms. The van der Waals surface area contributed by atoms with Crippen molar-refractivity contribution in [3.63, 3.8) is 0 Å². The monoisotopic (exact) mass is 233 g/mol. The number of hydrogen-bond donors (Lipinski definition) is 1. The van der Waals surface area contributed by atoms with Gasteiger partial charge < -0.3 is 10.0 Å². The molecule has 0 radical (unpaired) electrons. The van der Waals surface area contributed by atoms with Gasteiger partial charge in [0.2, 0.25) is 0 Å². The van der Waals surface area contributed by atoms with Crippen LogP contribution in [0.2, 0.25) is 0 Å². The molecular weight excluding hydrogens is 214 g/mol. The molecule has 0 unspecified atom stereocenters. The summed E-state index contributed by atoms with van der Waals surface area (Å²) in [6, 6.07) is 5.80. The van der Waals surface area contributed by atoms with Crippen LogP contribution in [0.5, 0.6) is 0 Å². The number of nitrogens with zero attached hydrogens (tertiary/aromatic N) is 1. The number of hydrogen-bond acceptors (Lipinski definition) is 2. The van der Waals surface area contributed by atoms with Gasteiger partial charge in [0, 0.05) is 18.7 Å². The predicted molar refractivity (Wildman–Crippen MR) is 69.1 cm³/mol. The summed E-state index contributed by atoms with van der Waals surface area (Å²) in [6.45, 7) is 8.24. The van der Waals surface area contributed by atoms with E-state index in [9.17, 15) is 4.79 Å². The minimum Gasteiger partial charge on any atom is -0.395 e. The zero-order valence-electron chi connectivity index (χ0n) is 10.4. The molecule has 0 fully saturated rings. The molecule has 17 heavy (non-hydrogen) atoms. The number of carbonyl (C=O) groups excluding carboxylic acids is 1. The first-order chi connectivity index (χ1) is 8.10. The fourth-order valence-corrected chi connectivity index (χ4v) is 1.69. The van der Waals surface area contributed by atoms with Gasteiger partial charge in [0.1, 0.15) is 0 Å². The van der Waals surface area contributed by atoms with Crippen LogP contribution in [-0.4, -0.2) is 35.6 Å². The first-order valence-electron chi connectivity index (χ1n) is 5.68. The summed E-state index contributed by atoms with van der Waals surface area (Å²) in [7, 11) is 0. The molecule has 0 aromatic heterocycles. The fraction of sp³-hybridized carbons (Fsp3) is 0.357. The number of rotatable bonds is 5. The maximum atomic E-state index is 12.3. The van der Waals surface area contributed by atoms with E-state index in [0.29, 0.717) is 18.7 Å². The molecule has 92 valence electrons. The third kappa shape index (κ3) is 3.43. The largest absolute Gasteiger partial charge is 0.395 e. The van der Waals surface area contributed by atoms with Crippen molar-refractivity contribution in [2.24, 2.45) is 0 Å². The maximum absolute atomic E-state index is 12.3. The smallest absolute Gasteiger partial charge is 0.254 e. The summed E-state index contributed by atoms with van der Waals surface area (Å²) >= 11 is 0. The Morgan fingerprint density at radius 2 is 2.18 bits per heavy atom. The van der Waals surface area contributed by atoms with Crippen LogP contribution in [0.15, 0.2) is 30.9 Å². The van der Waals surface area contributed by atoms with Gasteiger partial charge >= 0.3 is 0 Å². The van der Waals surface area contributed by atoms with Gasteiger partial charge in [-0.25, -0.2) is 0 Å². The second-order valence-corrected chi connectivity index (χ2v) is 4.08. The highest BCUT2D eigenvalue weighted by Gasteiger charge is 2.15. The zero-order chi connectivity index (χ0) is 12.8. The van der Waals surface area contributed by atoms with Crippen LogP contribution in [0.25, 0.3) is 0 Å². The number of aliphatic hydroxyl groups is 1. The van der Waals surface area contributed by atoms with E-state index in [-0.39, 0.29) is 12.5 Å². The summed E-state index contributed by atoms with van der Waals surface area (Å²) in [4.78, 5) is 13.9. The molecule has 3 heteroatoms. The maximum Gasteiger partial charge on any atom is 0.254 e. The van der Waals surface area contributed by atoms with Crippen LogP contribution in [0.3, 0.4) is 0 Å². The van der Waals surface area contributed by atoms with Gasteiger partial charge in [0.15, 0.2) is 0 Å². The summed E-state index contributed by atoms with van der Waals surface area (Å²) in [5, 5.41) is 8.95. The van der Waals surface area contributed by atoms with Crippen molar-refractivity contribution in [1.29, 1.82) is 0 Å². The molecule has 0 heterocycles. The lowest BCUT2D eigenvalue weighted by Crippen LogP contribution is -2.34. The number of benzene rings is 1. The van der Waals surface area contributed by atoms with Gasteiger partial charge in [0.05, 0.1) is 6.61 Å². The molecule has 1 rings (SSSR count). The van der Waals surface area contributed by atoms with Crippen LogP contribution in [0, 0.1) is 13.8 Å². The molecule has 1 aromatic rings. The Balaban J connectivity index is 2.99. The van der Waals surface area contributed by atoms with E-state index >= 15 is 0 Å².